The van der Waals surface area contributed by atoms with Gasteiger partial charge in [-0.05, 0) is 139 Å². The Morgan fingerprint density at radius 3 is 1.05 bits per heavy atom. The summed E-state index contributed by atoms with van der Waals surface area (Å²) >= 11 is 0. The maximum Gasteiger partial charge on any atom is 0.109 e. The monoisotopic (exact) mass is 1080 g/mol. The quantitative estimate of drug-likeness (QED) is 0.152. The Hall–Kier alpha value is -6.01. The van der Waals surface area contributed by atoms with Crippen LogP contribution in [-0.4, -0.2) is 31.4 Å². The minimum Gasteiger partial charge on any atom is -0.358 e. The summed E-state index contributed by atoms with van der Waals surface area (Å²) in [6.45, 7) is 53.4. The van der Waals surface area contributed by atoms with Gasteiger partial charge in [-0.2, -0.15) is 0 Å². The first-order chi connectivity index (χ1) is 36.6. The molecule has 0 unspecified atom stereocenters. The fourth-order valence-electron chi connectivity index (χ4n) is 9.52. The SMILES string of the molecule is C.CC(C)(C)C1=Nc2cc(C(C)(C)C)ccc2C1.CC(C)(C)C1=Nc2cc(C(C)(C)C)ccc2C1.CC(C)c1ccc2cc(C(C)C)[nH]c2c1.CC(C)c1ccc2cc(C(C)C)[nH]c2c1.CC(C)c1ccc2nc(C(C)C)[nH]c2c1. The molecule has 0 bridgehead atoms. The molecule has 6 heteroatoms. The van der Waals surface area contributed by atoms with Crippen LogP contribution < -0.4 is 0 Å². The summed E-state index contributed by atoms with van der Waals surface area (Å²) in [5.74, 6) is 4.44. The van der Waals surface area contributed by atoms with Crippen LogP contribution in [0.5, 0.6) is 0 Å². The summed E-state index contributed by atoms with van der Waals surface area (Å²) in [5, 5.41) is 2.64. The highest BCUT2D eigenvalue weighted by Crippen LogP contribution is 2.38. The van der Waals surface area contributed by atoms with Crippen molar-refractivity contribution in [1.82, 2.24) is 19.9 Å². The van der Waals surface area contributed by atoms with Crippen LogP contribution in [-0.2, 0) is 23.7 Å². The van der Waals surface area contributed by atoms with E-state index < -0.39 is 0 Å². The van der Waals surface area contributed by atoms with Gasteiger partial charge in [0.25, 0.3) is 0 Å². The maximum atomic E-state index is 4.81. The van der Waals surface area contributed by atoms with Gasteiger partial charge < -0.3 is 15.0 Å². The molecule has 2 aliphatic rings. The summed E-state index contributed by atoms with van der Waals surface area (Å²) in [7, 11) is 0. The molecule has 432 valence electrons. The molecule has 8 aromatic rings. The smallest absolute Gasteiger partial charge is 0.109 e. The van der Waals surface area contributed by atoms with Gasteiger partial charge in [0, 0.05) is 63.4 Å². The van der Waals surface area contributed by atoms with Crippen LogP contribution in [0.2, 0.25) is 0 Å². The van der Waals surface area contributed by atoms with Crippen LogP contribution in [0, 0.1) is 10.8 Å². The second kappa shape index (κ2) is 25.8. The molecule has 3 aromatic heterocycles. The Bertz CT molecular complexity index is 3060. The van der Waals surface area contributed by atoms with E-state index >= 15 is 0 Å². The van der Waals surface area contributed by atoms with Crippen molar-refractivity contribution in [1.29, 1.82) is 0 Å². The molecule has 80 heavy (non-hydrogen) atoms. The lowest BCUT2D eigenvalue weighted by atomic mass is 9.85. The van der Waals surface area contributed by atoms with Crippen LogP contribution in [0.3, 0.4) is 0 Å². The largest absolute Gasteiger partial charge is 0.358 e. The van der Waals surface area contributed by atoms with Crippen molar-refractivity contribution < 1.29 is 0 Å². The molecular formula is C74H106N6. The molecule has 0 aliphatic carbocycles. The molecule has 0 saturated carbocycles. The number of H-pyrrole nitrogens is 3. The number of aromatic amines is 3. The van der Waals surface area contributed by atoms with Gasteiger partial charge >= 0.3 is 0 Å². The number of aliphatic imine (C=N–C) groups is 2. The number of hydrogen-bond acceptors (Lipinski definition) is 3. The van der Waals surface area contributed by atoms with Crippen molar-refractivity contribution in [3.05, 3.63) is 159 Å². The summed E-state index contributed by atoms with van der Waals surface area (Å²) in [6, 6.07) is 37.9. The fourth-order valence-corrected chi connectivity index (χ4v) is 9.52. The molecule has 0 amide bonds. The normalized spacial score (nSPS) is 13.4. The van der Waals surface area contributed by atoms with Gasteiger partial charge in [-0.25, -0.2) is 4.98 Å². The third-order valence-corrected chi connectivity index (χ3v) is 15.5. The van der Waals surface area contributed by atoms with Crippen molar-refractivity contribution in [3.8, 4) is 0 Å². The third kappa shape index (κ3) is 16.8. The van der Waals surface area contributed by atoms with Gasteiger partial charge in [0.15, 0.2) is 0 Å². The predicted molar refractivity (Wildman–Crippen MR) is 355 cm³/mol. The number of aromatic nitrogens is 4. The zero-order valence-electron chi connectivity index (χ0n) is 53.5. The standard InChI is InChI=1S/2C16H23N.2C14H19N.C13H18N2.CH4/c2*1-15(2,3)12-8-7-11-9-14(16(4,5)6)17-13(11)10-12;2*1-9(2)11-5-6-12-8-13(10(3)4)15-14(12)7-11;1-8(2)10-5-6-11-12(7-10)15-13(14-11)9(3)4;/h2*7-8,10H,9H2,1-6H3;2*5-10,15H,1-4H3;5-9H,1-4H3,(H,14,15);1H4. The minimum atomic E-state index is 0. The average Bonchev–Trinajstić information content (AvgIpc) is 4.22. The highest BCUT2D eigenvalue weighted by molar-refractivity contribution is 5.98. The van der Waals surface area contributed by atoms with Crippen molar-refractivity contribution in [3.63, 3.8) is 0 Å². The van der Waals surface area contributed by atoms with Crippen molar-refractivity contribution in [2.24, 2.45) is 20.8 Å². The van der Waals surface area contributed by atoms with Gasteiger partial charge in [0.2, 0.25) is 0 Å². The number of imidazole rings is 1. The lowest BCUT2D eigenvalue weighted by Crippen LogP contribution is -2.19. The van der Waals surface area contributed by atoms with Crippen LogP contribution in [0.1, 0.15) is 265 Å². The van der Waals surface area contributed by atoms with Crippen LogP contribution in [0.15, 0.2) is 113 Å². The zero-order valence-corrected chi connectivity index (χ0v) is 53.5. The van der Waals surface area contributed by atoms with E-state index in [4.69, 9.17) is 9.98 Å². The van der Waals surface area contributed by atoms with Gasteiger partial charge in [-0.15, -0.1) is 0 Å². The fraction of sp³-hybridized carbons (Fsp3) is 0.500. The first-order valence-corrected chi connectivity index (χ1v) is 29.8. The van der Waals surface area contributed by atoms with Gasteiger partial charge in [-0.3, -0.25) is 9.98 Å². The number of nitrogens with one attached hydrogen (secondary N) is 3. The number of fused-ring (bicyclic) bond motifs is 5. The van der Waals surface area contributed by atoms with E-state index in [0.717, 1.165) is 29.7 Å². The number of hydrogen-bond donors (Lipinski definition) is 3. The van der Waals surface area contributed by atoms with Gasteiger partial charge in [0.1, 0.15) is 5.82 Å². The zero-order chi connectivity index (χ0) is 58.7. The topological polar surface area (TPSA) is 85.0 Å². The van der Waals surface area contributed by atoms with E-state index in [1.165, 1.54) is 94.9 Å². The molecule has 0 saturated heterocycles. The van der Waals surface area contributed by atoms with E-state index in [1.807, 2.05) is 0 Å². The Morgan fingerprint density at radius 1 is 0.362 bits per heavy atom. The third-order valence-electron chi connectivity index (χ3n) is 15.5. The summed E-state index contributed by atoms with van der Waals surface area (Å²) in [6.07, 6.45) is 2.03. The van der Waals surface area contributed by atoms with E-state index in [-0.39, 0.29) is 29.1 Å². The molecule has 2 aliphatic heterocycles. The first kappa shape index (κ1) is 64.8. The van der Waals surface area contributed by atoms with Gasteiger partial charge in [-0.1, -0.05) is 228 Å². The van der Waals surface area contributed by atoms with Crippen LogP contribution >= 0.6 is 0 Å². The molecule has 3 N–H and O–H groups in total. The minimum absolute atomic E-state index is 0. The Kier molecular flexibility index (Phi) is 20.9. The van der Waals surface area contributed by atoms with Crippen LogP contribution in [0.4, 0.5) is 11.4 Å². The number of rotatable bonds is 6. The lowest BCUT2D eigenvalue weighted by Gasteiger charge is -2.19. The van der Waals surface area contributed by atoms with E-state index in [0.29, 0.717) is 35.5 Å². The molecule has 0 spiro atoms. The molecular weight excluding hydrogens is 973 g/mol. The second-order valence-corrected chi connectivity index (χ2v) is 28.6. The molecule has 10 rings (SSSR count). The van der Waals surface area contributed by atoms with E-state index in [2.05, 4.69) is 289 Å². The predicted octanol–water partition coefficient (Wildman–Crippen LogP) is 22.6. The first-order valence-electron chi connectivity index (χ1n) is 29.8. The summed E-state index contributed by atoms with van der Waals surface area (Å²) in [5.41, 5.74) is 22.8. The highest BCUT2D eigenvalue weighted by atomic mass is 14.9. The molecule has 5 aromatic carbocycles. The molecule has 0 radical (unpaired) electrons. The summed E-state index contributed by atoms with van der Waals surface area (Å²) < 4.78 is 0. The Labute approximate surface area is 486 Å². The molecule has 6 nitrogen and oxygen atoms in total. The van der Waals surface area contributed by atoms with Crippen molar-refractivity contribution >= 4 is 55.6 Å². The van der Waals surface area contributed by atoms with Crippen LogP contribution in [0.25, 0.3) is 32.8 Å². The Morgan fingerprint density at radius 2 is 0.725 bits per heavy atom. The van der Waals surface area contributed by atoms with Crippen molar-refractivity contribution in [2.75, 3.05) is 0 Å². The number of nitrogens with zero attached hydrogens (tertiary/aromatic N) is 3. The Balaban J connectivity index is 0.000000183. The van der Waals surface area contributed by atoms with Gasteiger partial charge in [0.05, 0.1) is 22.4 Å². The molecule has 0 atom stereocenters. The average molecular weight is 1080 g/mol. The summed E-state index contributed by atoms with van der Waals surface area (Å²) in [4.78, 5) is 24.5. The second-order valence-electron chi connectivity index (χ2n) is 28.6. The lowest BCUT2D eigenvalue weighted by molar-refractivity contribution is 0.584. The highest BCUT2D eigenvalue weighted by Gasteiger charge is 2.28. The molecule has 0 fully saturated rings. The van der Waals surface area contributed by atoms with E-state index in [1.54, 1.807) is 0 Å². The van der Waals surface area contributed by atoms with E-state index in [9.17, 15) is 0 Å². The molecule has 5 heterocycles. The maximum absolute atomic E-state index is 4.81. The number of benzene rings is 5. The van der Waals surface area contributed by atoms with Crippen molar-refractivity contribution in [2.45, 2.75) is 233 Å².